The molecule has 0 saturated carbocycles. The Morgan fingerprint density at radius 3 is 2.62 bits per heavy atom. The van der Waals surface area contributed by atoms with E-state index in [2.05, 4.69) is 0 Å². The molecule has 0 radical (unpaired) electrons. The smallest absolute Gasteiger partial charge is 0.258 e. The fourth-order valence-corrected chi connectivity index (χ4v) is 6.27. The first-order valence-corrected chi connectivity index (χ1v) is 10.9. The Kier molecular flexibility index (Phi) is 5.61. The molecule has 0 N–H and O–H groups in total. The molecule has 0 spiro atoms. The van der Waals surface area contributed by atoms with Gasteiger partial charge in [-0.25, -0.2) is 16.8 Å². The van der Waals surface area contributed by atoms with Crippen molar-refractivity contribution in [2.45, 2.75) is 37.1 Å². The number of unbranched alkanes of at least 4 members (excludes halogenated alkanes) is 1. The van der Waals surface area contributed by atoms with Gasteiger partial charge in [0.25, 0.3) is 5.69 Å². The zero-order chi connectivity index (χ0) is 18.0. The highest BCUT2D eigenvalue weighted by molar-refractivity contribution is 7.92. The van der Waals surface area contributed by atoms with Gasteiger partial charge in [0.15, 0.2) is 9.84 Å². The van der Waals surface area contributed by atoms with Crippen LogP contribution < -0.4 is 0 Å². The van der Waals surface area contributed by atoms with E-state index in [1.807, 2.05) is 6.92 Å². The summed E-state index contributed by atoms with van der Waals surface area (Å²) in [5.41, 5.74) is -0.314. The Morgan fingerprint density at radius 2 is 2.08 bits per heavy atom. The Hall–Kier alpha value is -1.52. The van der Waals surface area contributed by atoms with E-state index in [0.29, 0.717) is 6.42 Å². The molecule has 0 aliphatic carbocycles. The third-order valence-corrected chi connectivity index (χ3v) is 7.68. The molecule has 1 aliphatic heterocycles. The summed E-state index contributed by atoms with van der Waals surface area (Å²) in [6.45, 7) is 2.10. The zero-order valence-electron chi connectivity index (χ0n) is 13.3. The van der Waals surface area contributed by atoms with Crippen LogP contribution in [-0.4, -0.2) is 50.2 Å². The summed E-state index contributed by atoms with van der Waals surface area (Å²) in [7, 11) is -7.24. The Labute approximate surface area is 141 Å². The quantitative estimate of drug-likeness (QED) is 0.527. The molecule has 0 unspecified atom stereocenters. The average molecular weight is 376 g/mol. The van der Waals surface area contributed by atoms with Crippen molar-refractivity contribution in [1.29, 1.82) is 0 Å². The van der Waals surface area contributed by atoms with Crippen LogP contribution in [0.1, 0.15) is 26.2 Å². The van der Waals surface area contributed by atoms with Gasteiger partial charge < -0.3 is 0 Å². The van der Waals surface area contributed by atoms with Gasteiger partial charge in [-0.3, -0.25) is 10.1 Å². The summed E-state index contributed by atoms with van der Waals surface area (Å²) in [5, 5.41) is 10.9. The van der Waals surface area contributed by atoms with E-state index < -0.39 is 30.8 Å². The van der Waals surface area contributed by atoms with Crippen molar-refractivity contribution >= 4 is 25.5 Å². The largest absolute Gasteiger partial charge is 0.270 e. The lowest BCUT2D eigenvalue weighted by molar-refractivity contribution is -0.385. The van der Waals surface area contributed by atoms with Crippen LogP contribution in [0.2, 0.25) is 0 Å². The van der Waals surface area contributed by atoms with Crippen LogP contribution in [0.5, 0.6) is 0 Å². The summed E-state index contributed by atoms with van der Waals surface area (Å²) < 4.78 is 50.5. The molecule has 1 aromatic rings. The van der Waals surface area contributed by atoms with Crippen molar-refractivity contribution in [2.75, 3.05) is 18.1 Å². The molecule has 1 saturated heterocycles. The van der Waals surface area contributed by atoms with E-state index >= 15 is 0 Å². The normalized spacial score (nSPS) is 20.3. The molecule has 0 amide bonds. The lowest BCUT2D eigenvalue weighted by Gasteiger charge is -2.27. The van der Waals surface area contributed by atoms with Crippen LogP contribution in [-0.2, 0) is 19.9 Å². The molecular formula is C14H20N2O6S2. The molecule has 1 aliphatic rings. The van der Waals surface area contributed by atoms with Crippen molar-refractivity contribution in [2.24, 2.45) is 0 Å². The molecule has 0 bridgehead atoms. The van der Waals surface area contributed by atoms with Gasteiger partial charge in [0.1, 0.15) is 0 Å². The lowest BCUT2D eigenvalue weighted by Crippen LogP contribution is -2.41. The van der Waals surface area contributed by atoms with Crippen LogP contribution in [0.25, 0.3) is 0 Å². The maximum absolute atomic E-state index is 12.9. The number of benzene rings is 1. The van der Waals surface area contributed by atoms with Crippen LogP contribution in [0.15, 0.2) is 29.2 Å². The molecule has 1 atom stereocenters. The standard InChI is InChI=1S/C14H20N2O6S2/c1-2-3-8-15(13-7-9-23(19,20)11-13)24(21,22)14-6-4-5-12(10-14)16(17)18/h4-6,10,13H,2-3,7-9,11H2,1H3/t13-/m0/s1. The van der Waals surface area contributed by atoms with Crippen molar-refractivity contribution in [3.8, 4) is 0 Å². The first-order chi connectivity index (χ1) is 11.2. The van der Waals surface area contributed by atoms with E-state index in [1.165, 1.54) is 22.5 Å². The molecule has 134 valence electrons. The van der Waals surface area contributed by atoms with Crippen molar-refractivity contribution < 1.29 is 21.8 Å². The molecule has 8 nitrogen and oxygen atoms in total. The SMILES string of the molecule is CCCCN([C@H]1CCS(=O)(=O)C1)S(=O)(=O)c1cccc([N+](=O)[O-])c1. The monoisotopic (exact) mass is 376 g/mol. The van der Waals surface area contributed by atoms with Crippen molar-refractivity contribution in [1.82, 2.24) is 4.31 Å². The average Bonchev–Trinajstić information content (AvgIpc) is 2.87. The molecule has 1 heterocycles. The third-order valence-electron chi connectivity index (χ3n) is 3.98. The van der Waals surface area contributed by atoms with Gasteiger partial charge in [0.05, 0.1) is 21.3 Å². The summed E-state index contributed by atoms with van der Waals surface area (Å²) in [6.07, 6.45) is 1.59. The first-order valence-electron chi connectivity index (χ1n) is 7.64. The molecule has 1 aromatic carbocycles. The predicted octanol–water partition coefficient (Wildman–Crippen LogP) is 1.57. The minimum atomic E-state index is -4.00. The molecule has 24 heavy (non-hydrogen) atoms. The predicted molar refractivity (Wildman–Crippen MR) is 89.0 cm³/mol. The van der Waals surface area contributed by atoms with E-state index in [4.69, 9.17) is 0 Å². The highest BCUT2D eigenvalue weighted by atomic mass is 32.2. The number of nitrogens with zero attached hydrogens (tertiary/aromatic N) is 2. The van der Waals surface area contributed by atoms with Gasteiger partial charge in [-0.2, -0.15) is 4.31 Å². The molecule has 1 fully saturated rings. The highest BCUT2D eigenvalue weighted by Crippen LogP contribution is 2.27. The number of hydrogen-bond acceptors (Lipinski definition) is 6. The highest BCUT2D eigenvalue weighted by Gasteiger charge is 2.38. The van der Waals surface area contributed by atoms with Crippen LogP contribution in [0.4, 0.5) is 5.69 Å². The van der Waals surface area contributed by atoms with Gasteiger partial charge in [0.2, 0.25) is 10.0 Å². The molecular weight excluding hydrogens is 356 g/mol. The molecule has 0 aromatic heterocycles. The van der Waals surface area contributed by atoms with Crippen molar-refractivity contribution in [3.63, 3.8) is 0 Å². The number of nitro benzene ring substituents is 1. The minimum Gasteiger partial charge on any atom is -0.258 e. The van der Waals surface area contributed by atoms with Crippen LogP contribution >= 0.6 is 0 Å². The second kappa shape index (κ2) is 7.16. The second-order valence-electron chi connectivity index (χ2n) is 5.78. The van der Waals surface area contributed by atoms with Gasteiger partial charge in [0, 0.05) is 24.7 Å². The number of hydrogen-bond donors (Lipinski definition) is 0. The van der Waals surface area contributed by atoms with Crippen LogP contribution in [0, 0.1) is 10.1 Å². The first kappa shape index (κ1) is 18.8. The molecule has 10 heteroatoms. The fraction of sp³-hybridized carbons (Fsp3) is 0.571. The van der Waals surface area contributed by atoms with E-state index in [9.17, 15) is 26.9 Å². The number of sulfonamides is 1. The number of non-ortho nitro benzene ring substituents is 1. The maximum atomic E-state index is 12.9. The van der Waals surface area contributed by atoms with Crippen LogP contribution in [0.3, 0.4) is 0 Å². The zero-order valence-corrected chi connectivity index (χ0v) is 14.9. The fourth-order valence-electron chi connectivity index (χ4n) is 2.71. The van der Waals surface area contributed by atoms with Gasteiger partial charge in [-0.05, 0) is 18.9 Å². The lowest BCUT2D eigenvalue weighted by atomic mass is 10.2. The second-order valence-corrected chi connectivity index (χ2v) is 9.90. The summed E-state index contributed by atoms with van der Waals surface area (Å²) in [5.74, 6) is -0.240. The van der Waals surface area contributed by atoms with Gasteiger partial charge in [-0.15, -0.1) is 0 Å². The summed E-state index contributed by atoms with van der Waals surface area (Å²) >= 11 is 0. The summed E-state index contributed by atoms with van der Waals surface area (Å²) in [6, 6.07) is 4.22. The summed E-state index contributed by atoms with van der Waals surface area (Å²) in [4.78, 5) is 10.0. The minimum absolute atomic E-state index is 0.0370. The topological polar surface area (TPSA) is 115 Å². The number of nitro groups is 1. The van der Waals surface area contributed by atoms with Gasteiger partial charge in [-0.1, -0.05) is 19.4 Å². The maximum Gasteiger partial charge on any atom is 0.270 e. The number of sulfone groups is 1. The number of rotatable bonds is 7. The van der Waals surface area contributed by atoms with E-state index in [1.54, 1.807) is 0 Å². The van der Waals surface area contributed by atoms with E-state index in [-0.39, 0.29) is 35.1 Å². The van der Waals surface area contributed by atoms with Crippen molar-refractivity contribution in [3.05, 3.63) is 34.4 Å². The Balaban J connectivity index is 2.40. The Bertz CT molecular complexity index is 819. The third kappa shape index (κ3) is 4.11. The van der Waals surface area contributed by atoms with Gasteiger partial charge >= 0.3 is 0 Å². The van der Waals surface area contributed by atoms with E-state index in [0.717, 1.165) is 12.5 Å². The molecule has 2 rings (SSSR count). The Morgan fingerprint density at radius 1 is 1.38 bits per heavy atom.